The van der Waals surface area contributed by atoms with Gasteiger partial charge in [0.2, 0.25) is 5.91 Å². The highest BCUT2D eigenvalue weighted by atomic mass is 32.1. The van der Waals surface area contributed by atoms with Crippen molar-refractivity contribution >= 4 is 18.7 Å². The second-order valence-corrected chi connectivity index (χ2v) is 1.09. The van der Waals surface area contributed by atoms with E-state index in [4.69, 9.17) is 5.73 Å². The maximum absolute atomic E-state index is 10.1. The van der Waals surface area contributed by atoms with Crippen molar-refractivity contribution in [1.29, 1.82) is 0 Å². The number of hydrazine groups is 1. The fourth-order valence-corrected chi connectivity index (χ4v) is 0.238. The smallest absolute Gasteiger partial charge is 0.248 e. The molecule has 0 fully saturated rings. The quantitative estimate of drug-likeness (QED) is 0.263. The molecule has 0 heterocycles. The van der Waals surface area contributed by atoms with Crippen LogP contribution in [0.5, 0.6) is 0 Å². The Kier molecular flexibility index (Phi) is 3.77. The van der Waals surface area contributed by atoms with Crippen molar-refractivity contribution in [2.75, 3.05) is 6.54 Å². The summed E-state index contributed by atoms with van der Waals surface area (Å²) in [6.07, 6.45) is 0. The van der Waals surface area contributed by atoms with Crippen molar-refractivity contribution in [3.63, 3.8) is 0 Å². The maximum Gasteiger partial charge on any atom is 0.248 e. The van der Waals surface area contributed by atoms with Gasteiger partial charge in [-0.15, -0.1) is 0 Å². The topological polar surface area (TPSA) is 67.2 Å². The fourth-order valence-electron chi connectivity index (χ4n) is 0.113. The molecule has 42 valence electrons. The Balaban J connectivity index is 3.00. The molecule has 0 bridgehead atoms. The molecule has 0 saturated carbocycles. The molecule has 0 atom stereocenters. The summed E-state index contributed by atoms with van der Waals surface area (Å²) in [6, 6.07) is 0. The van der Waals surface area contributed by atoms with Crippen molar-refractivity contribution in [2.45, 2.75) is 0 Å². The minimum Gasteiger partial charge on any atom is -0.322 e. The number of thiol groups is 1. The normalized spacial score (nSPS) is 8.29. The molecule has 0 spiro atoms. The number of rotatable bonds is 2. The lowest BCUT2D eigenvalue weighted by Gasteiger charge is -1.94. The molecule has 0 aromatic carbocycles. The first-order chi connectivity index (χ1) is 3.31. The lowest BCUT2D eigenvalue weighted by Crippen LogP contribution is -2.35. The number of carbonyl (C=O) groups is 1. The standard InChI is InChI=1S/C2H7N3OS/c3-1-2(6)4-5-7/h5,7H,1,3H2,(H,4,6). The zero-order valence-electron chi connectivity index (χ0n) is 3.64. The molecule has 5 heteroatoms. The van der Waals surface area contributed by atoms with Gasteiger partial charge in [-0.1, -0.05) is 12.8 Å². The highest BCUT2D eigenvalue weighted by Crippen LogP contribution is 1.53. The Hall–Kier alpha value is -0.260. The van der Waals surface area contributed by atoms with Crippen LogP contribution in [0.3, 0.4) is 0 Å². The fraction of sp³-hybridized carbons (Fsp3) is 0.500. The number of carbonyl (C=O) groups excluding carboxylic acids is 1. The van der Waals surface area contributed by atoms with Crippen LogP contribution in [0.4, 0.5) is 0 Å². The zero-order chi connectivity index (χ0) is 5.70. The molecular formula is C2H7N3OS. The van der Waals surface area contributed by atoms with Crippen LogP contribution >= 0.6 is 12.8 Å². The van der Waals surface area contributed by atoms with E-state index in [1.54, 1.807) is 0 Å². The molecule has 0 aromatic heterocycles. The van der Waals surface area contributed by atoms with Gasteiger partial charge in [-0.3, -0.25) is 10.2 Å². The van der Waals surface area contributed by atoms with E-state index in [0.29, 0.717) is 0 Å². The van der Waals surface area contributed by atoms with E-state index in [0.717, 1.165) is 0 Å². The first-order valence-electron chi connectivity index (χ1n) is 1.69. The third kappa shape index (κ3) is 3.57. The molecule has 0 radical (unpaired) electrons. The lowest BCUT2D eigenvalue weighted by molar-refractivity contribution is -0.120. The number of hydrogen-bond acceptors (Lipinski definition) is 4. The molecule has 0 aliphatic carbocycles. The van der Waals surface area contributed by atoms with E-state index >= 15 is 0 Å². The van der Waals surface area contributed by atoms with Gasteiger partial charge in [-0.05, 0) is 0 Å². The molecule has 0 saturated heterocycles. The SMILES string of the molecule is NCC(=O)NNS. The first kappa shape index (κ1) is 6.74. The number of nitrogens with two attached hydrogens (primary N) is 1. The molecule has 0 rings (SSSR count). The Bertz CT molecular complexity index is 66.0. The van der Waals surface area contributed by atoms with Gasteiger partial charge in [0.1, 0.15) is 0 Å². The van der Waals surface area contributed by atoms with E-state index in [2.05, 4.69) is 23.1 Å². The Morgan fingerprint density at radius 1 is 1.86 bits per heavy atom. The largest absolute Gasteiger partial charge is 0.322 e. The Labute approximate surface area is 47.0 Å². The van der Waals surface area contributed by atoms with E-state index in [1.165, 1.54) is 0 Å². The molecule has 1 amide bonds. The van der Waals surface area contributed by atoms with Gasteiger partial charge in [-0.2, -0.15) is 4.83 Å². The summed E-state index contributed by atoms with van der Waals surface area (Å²) >= 11 is 3.48. The summed E-state index contributed by atoms with van der Waals surface area (Å²) < 4.78 is 0. The summed E-state index contributed by atoms with van der Waals surface area (Å²) in [6.45, 7) is -0.0203. The van der Waals surface area contributed by atoms with E-state index in [9.17, 15) is 4.79 Å². The van der Waals surface area contributed by atoms with Gasteiger partial charge in [0.05, 0.1) is 6.54 Å². The third-order valence-electron chi connectivity index (χ3n) is 0.381. The molecule has 4 N–H and O–H groups in total. The van der Waals surface area contributed by atoms with Crippen LogP contribution in [-0.4, -0.2) is 12.5 Å². The zero-order valence-corrected chi connectivity index (χ0v) is 4.53. The molecule has 7 heavy (non-hydrogen) atoms. The van der Waals surface area contributed by atoms with E-state index < -0.39 is 0 Å². The first-order valence-corrected chi connectivity index (χ1v) is 2.14. The maximum atomic E-state index is 10.1. The predicted octanol–water partition coefficient (Wildman–Crippen LogP) is -1.59. The van der Waals surface area contributed by atoms with Crippen molar-refractivity contribution in [3.05, 3.63) is 0 Å². The number of amides is 1. The van der Waals surface area contributed by atoms with Crippen LogP contribution in [0.1, 0.15) is 0 Å². The minimum atomic E-state index is -0.282. The van der Waals surface area contributed by atoms with Crippen molar-refractivity contribution in [3.8, 4) is 0 Å². The van der Waals surface area contributed by atoms with Gasteiger partial charge < -0.3 is 5.73 Å². The molecule has 0 aromatic rings. The summed E-state index contributed by atoms with van der Waals surface area (Å²) in [5.41, 5.74) is 7.02. The van der Waals surface area contributed by atoms with Crippen LogP contribution in [0.15, 0.2) is 0 Å². The third-order valence-corrected chi connectivity index (χ3v) is 0.493. The van der Waals surface area contributed by atoms with Crippen LogP contribution in [0.25, 0.3) is 0 Å². The lowest BCUT2D eigenvalue weighted by atomic mass is 10.7. The van der Waals surface area contributed by atoms with Crippen LogP contribution in [-0.2, 0) is 4.79 Å². The van der Waals surface area contributed by atoms with Crippen LogP contribution in [0, 0.1) is 0 Å². The molecule has 0 unspecified atom stereocenters. The Morgan fingerprint density at radius 3 is 2.57 bits per heavy atom. The number of nitrogens with one attached hydrogen (secondary N) is 2. The monoisotopic (exact) mass is 121 g/mol. The summed E-state index contributed by atoms with van der Waals surface area (Å²) in [4.78, 5) is 12.2. The molecule has 0 aliphatic rings. The van der Waals surface area contributed by atoms with Crippen molar-refractivity contribution < 1.29 is 4.79 Å². The molecule has 0 aliphatic heterocycles. The van der Waals surface area contributed by atoms with Gasteiger partial charge in [0.25, 0.3) is 0 Å². The predicted molar refractivity (Wildman–Crippen MR) is 29.3 cm³/mol. The average Bonchev–Trinajstić information content (AvgIpc) is 1.68. The molecular weight excluding hydrogens is 114 g/mol. The molecule has 4 nitrogen and oxygen atoms in total. The van der Waals surface area contributed by atoms with Gasteiger partial charge in [0, 0.05) is 0 Å². The Morgan fingerprint density at radius 2 is 2.43 bits per heavy atom. The number of hydrogen-bond donors (Lipinski definition) is 4. The second kappa shape index (κ2) is 3.91. The van der Waals surface area contributed by atoms with E-state index in [1.807, 2.05) is 0 Å². The van der Waals surface area contributed by atoms with Crippen LogP contribution < -0.4 is 16.0 Å². The minimum absolute atomic E-state index is 0.0203. The summed E-state index contributed by atoms with van der Waals surface area (Å²) in [5, 5.41) is 0. The highest BCUT2D eigenvalue weighted by Gasteiger charge is 1.88. The van der Waals surface area contributed by atoms with Gasteiger partial charge in [0.15, 0.2) is 0 Å². The second-order valence-electron chi connectivity index (χ2n) is 0.864. The average molecular weight is 121 g/mol. The van der Waals surface area contributed by atoms with Gasteiger partial charge in [-0.25, -0.2) is 0 Å². The summed E-state index contributed by atoms with van der Waals surface area (Å²) in [5.74, 6) is -0.282. The van der Waals surface area contributed by atoms with Crippen molar-refractivity contribution in [2.24, 2.45) is 5.73 Å². The van der Waals surface area contributed by atoms with Crippen molar-refractivity contribution in [1.82, 2.24) is 10.3 Å². The highest BCUT2D eigenvalue weighted by molar-refractivity contribution is 7.78. The summed E-state index contributed by atoms with van der Waals surface area (Å²) in [7, 11) is 0. The van der Waals surface area contributed by atoms with Crippen LogP contribution in [0.2, 0.25) is 0 Å². The van der Waals surface area contributed by atoms with Gasteiger partial charge >= 0.3 is 0 Å². The van der Waals surface area contributed by atoms with E-state index in [-0.39, 0.29) is 12.5 Å².